The highest BCUT2D eigenvalue weighted by atomic mass is 16.2. The Hall–Kier alpha value is -2.73. The minimum absolute atomic E-state index is 0.0121. The number of ketones is 1. The summed E-state index contributed by atoms with van der Waals surface area (Å²) < 4.78 is 1.47. The van der Waals surface area contributed by atoms with Crippen LogP contribution in [-0.2, 0) is 6.54 Å². The molecule has 0 bridgehead atoms. The van der Waals surface area contributed by atoms with Crippen molar-refractivity contribution in [2.45, 2.75) is 58.4 Å². The van der Waals surface area contributed by atoms with Crippen molar-refractivity contribution in [3.05, 3.63) is 69.6 Å². The van der Waals surface area contributed by atoms with E-state index in [9.17, 15) is 14.4 Å². The number of unbranched alkanes of at least 4 members (excludes halogenated alkanes) is 1. The fraction of sp³-hybridized carbons (Fsp3) is 0.519. The van der Waals surface area contributed by atoms with Crippen LogP contribution in [0.1, 0.15) is 78.1 Å². The molecule has 3 rings (SSSR count). The Morgan fingerprint density at radius 2 is 1.82 bits per heavy atom. The summed E-state index contributed by atoms with van der Waals surface area (Å²) in [6.07, 6.45) is 8.81. The lowest BCUT2D eigenvalue weighted by molar-refractivity contribution is 0.0961. The number of rotatable bonds is 11. The number of hydrogen-bond acceptors (Lipinski definition) is 4. The van der Waals surface area contributed by atoms with E-state index in [-0.39, 0.29) is 16.9 Å². The molecule has 2 aromatic rings. The van der Waals surface area contributed by atoms with Crippen LogP contribution in [0.3, 0.4) is 0 Å². The highest BCUT2D eigenvalue weighted by Crippen LogP contribution is 2.23. The van der Waals surface area contributed by atoms with Gasteiger partial charge in [0.25, 0.3) is 11.5 Å². The summed E-state index contributed by atoms with van der Waals surface area (Å²) in [5.41, 5.74) is 0.997. The maximum Gasteiger partial charge on any atom is 0.263 e. The Labute approximate surface area is 197 Å². The molecule has 0 aliphatic carbocycles. The molecule has 2 heterocycles. The molecule has 1 aliphatic rings. The van der Waals surface area contributed by atoms with E-state index in [2.05, 4.69) is 17.1 Å². The van der Waals surface area contributed by atoms with E-state index in [0.29, 0.717) is 18.5 Å². The van der Waals surface area contributed by atoms with Crippen molar-refractivity contribution in [2.24, 2.45) is 5.92 Å². The van der Waals surface area contributed by atoms with Gasteiger partial charge in [-0.25, -0.2) is 0 Å². The first-order valence-electron chi connectivity index (χ1n) is 12.3. The number of Topliss-reactive ketones (excluding diaryl/α,β-unsaturated/α-hetero) is 1. The molecule has 1 aliphatic heterocycles. The number of benzene rings is 1. The van der Waals surface area contributed by atoms with Gasteiger partial charge in [-0.15, -0.1) is 0 Å². The molecule has 1 fully saturated rings. The quantitative estimate of drug-likeness (QED) is 0.412. The largest absolute Gasteiger partial charge is 0.355 e. The van der Waals surface area contributed by atoms with Gasteiger partial charge < -0.3 is 14.8 Å². The van der Waals surface area contributed by atoms with Crippen molar-refractivity contribution in [2.75, 3.05) is 26.7 Å². The summed E-state index contributed by atoms with van der Waals surface area (Å²) in [4.78, 5) is 40.6. The normalized spacial score (nSPS) is 14.8. The standard InChI is InChI=1S/C27H37N3O3/c1-3-15-29-16-13-21(14-17-29)9-7-8-12-25(31)23-18-24(26(32)28-2)27(33)30(20-23)19-22-10-5-4-6-11-22/h4-6,10-11,18,20-21H,3,7-9,12-17,19H2,1-2H3,(H,28,32). The Morgan fingerprint density at radius 3 is 2.48 bits per heavy atom. The molecule has 6 heteroatoms. The van der Waals surface area contributed by atoms with Crippen LogP contribution in [0.5, 0.6) is 0 Å². The number of aromatic nitrogens is 1. The predicted octanol–water partition coefficient (Wildman–Crippen LogP) is 4.12. The molecule has 0 saturated carbocycles. The van der Waals surface area contributed by atoms with Gasteiger partial charge >= 0.3 is 0 Å². The highest BCUT2D eigenvalue weighted by molar-refractivity contribution is 6.00. The van der Waals surface area contributed by atoms with E-state index in [1.54, 1.807) is 6.20 Å². The van der Waals surface area contributed by atoms with Gasteiger partial charge in [0.15, 0.2) is 5.78 Å². The average molecular weight is 452 g/mol. The summed E-state index contributed by atoms with van der Waals surface area (Å²) >= 11 is 0. The SMILES string of the molecule is CCCN1CCC(CCCCC(=O)c2cc(C(=O)NC)c(=O)n(Cc3ccccc3)c2)CC1. The van der Waals surface area contributed by atoms with E-state index in [0.717, 1.165) is 24.3 Å². The second kappa shape index (κ2) is 12.5. The third kappa shape index (κ3) is 7.13. The van der Waals surface area contributed by atoms with Crippen molar-refractivity contribution >= 4 is 11.7 Å². The number of likely N-dealkylation sites (tertiary alicyclic amines) is 1. The minimum atomic E-state index is -0.467. The third-order valence-corrected chi connectivity index (χ3v) is 6.59. The number of amides is 1. The Morgan fingerprint density at radius 1 is 1.09 bits per heavy atom. The van der Waals surface area contributed by atoms with Crippen LogP contribution in [0.25, 0.3) is 0 Å². The molecule has 0 spiro atoms. The molecule has 1 aromatic carbocycles. The second-order valence-electron chi connectivity index (χ2n) is 9.09. The van der Waals surface area contributed by atoms with Gasteiger partial charge in [-0.3, -0.25) is 14.4 Å². The molecule has 1 N–H and O–H groups in total. The molecule has 0 unspecified atom stereocenters. The molecule has 6 nitrogen and oxygen atoms in total. The Bertz CT molecular complexity index is 976. The van der Waals surface area contributed by atoms with Gasteiger partial charge in [0.1, 0.15) is 5.56 Å². The molecule has 178 valence electrons. The van der Waals surface area contributed by atoms with Crippen LogP contribution >= 0.6 is 0 Å². The smallest absolute Gasteiger partial charge is 0.263 e. The second-order valence-corrected chi connectivity index (χ2v) is 9.09. The minimum Gasteiger partial charge on any atom is -0.355 e. The summed E-state index contributed by atoms with van der Waals surface area (Å²) in [5, 5.41) is 2.51. The lowest BCUT2D eigenvalue weighted by Crippen LogP contribution is -2.34. The number of pyridine rings is 1. The predicted molar refractivity (Wildman–Crippen MR) is 132 cm³/mol. The zero-order valence-corrected chi connectivity index (χ0v) is 20.0. The number of hydrogen-bond donors (Lipinski definition) is 1. The summed E-state index contributed by atoms with van der Waals surface area (Å²) in [5.74, 6) is 0.284. The van der Waals surface area contributed by atoms with Crippen LogP contribution in [0, 0.1) is 5.92 Å². The summed E-state index contributed by atoms with van der Waals surface area (Å²) in [6.45, 7) is 6.15. The van der Waals surface area contributed by atoms with Gasteiger partial charge in [-0.1, -0.05) is 50.1 Å². The first-order chi connectivity index (χ1) is 16.0. The van der Waals surface area contributed by atoms with Crippen molar-refractivity contribution in [1.29, 1.82) is 0 Å². The number of nitrogens with one attached hydrogen (secondary N) is 1. The number of carbonyl (C=O) groups is 2. The Balaban J connectivity index is 1.60. The molecule has 33 heavy (non-hydrogen) atoms. The van der Waals surface area contributed by atoms with Crippen molar-refractivity contribution in [3.8, 4) is 0 Å². The highest BCUT2D eigenvalue weighted by Gasteiger charge is 2.19. The van der Waals surface area contributed by atoms with Crippen molar-refractivity contribution < 1.29 is 9.59 Å². The topological polar surface area (TPSA) is 71.4 Å². The van der Waals surface area contributed by atoms with E-state index >= 15 is 0 Å². The molecule has 0 radical (unpaired) electrons. The van der Waals surface area contributed by atoms with E-state index < -0.39 is 5.91 Å². The van der Waals surface area contributed by atoms with E-state index in [4.69, 9.17) is 0 Å². The summed E-state index contributed by atoms with van der Waals surface area (Å²) in [7, 11) is 1.49. The zero-order valence-electron chi connectivity index (χ0n) is 20.0. The fourth-order valence-corrected chi connectivity index (χ4v) is 4.66. The zero-order chi connectivity index (χ0) is 23.6. The molecule has 1 saturated heterocycles. The molecular formula is C27H37N3O3. The van der Waals surface area contributed by atoms with Crippen LogP contribution in [-0.4, -0.2) is 47.8 Å². The molecule has 1 aromatic heterocycles. The maximum atomic E-state index is 12.9. The Kier molecular flexibility index (Phi) is 9.43. The van der Waals surface area contributed by atoms with E-state index in [1.165, 1.54) is 63.0 Å². The third-order valence-electron chi connectivity index (χ3n) is 6.59. The lowest BCUT2D eigenvalue weighted by Gasteiger charge is -2.31. The monoisotopic (exact) mass is 451 g/mol. The number of carbonyl (C=O) groups excluding carboxylic acids is 2. The van der Waals surface area contributed by atoms with Crippen molar-refractivity contribution in [1.82, 2.24) is 14.8 Å². The maximum absolute atomic E-state index is 12.9. The molecule has 1 amide bonds. The van der Waals surface area contributed by atoms with Crippen LogP contribution in [0.2, 0.25) is 0 Å². The molecular weight excluding hydrogens is 414 g/mol. The van der Waals surface area contributed by atoms with Gasteiger partial charge in [0.2, 0.25) is 0 Å². The number of nitrogens with zero attached hydrogens (tertiary/aromatic N) is 2. The average Bonchev–Trinajstić information content (AvgIpc) is 2.84. The first kappa shape index (κ1) is 24.9. The molecule has 0 atom stereocenters. The van der Waals surface area contributed by atoms with E-state index in [1.807, 2.05) is 30.3 Å². The van der Waals surface area contributed by atoms with Gasteiger partial charge in [0.05, 0.1) is 6.54 Å². The van der Waals surface area contributed by atoms with Gasteiger partial charge in [-0.05, 0) is 62.9 Å². The number of piperidine rings is 1. The van der Waals surface area contributed by atoms with Crippen LogP contribution in [0.4, 0.5) is 0 Å². The van der Waals surface area contributed by atoms with Gasteiger partial charge in [-0.2, -0.15) is 0 Å². The fourth-order valence-electron chi connectivity index (χ4n) is 4.66. The van der Waals surface area contributed by atoms with Crippen LogP contribution in [0.15, 0.2) is 47.4 Å². The van der Waals surface area contributed by atoms with Crippen molar-refractivity contribution in [3.63, 3.8) is 0 Å². The van der Waals surface area contributed by atoms with Crippen LogP contribution < -0.4 is 10.9 Å². The summed E-state index contributed by atoms with van der Waals surface area (Å²) in [6, 6.07) is 11.0. The van der Waals surface area contributed by atoms with Gasteiger partial charge in [0, 0.05) is 25.2 Å². The lowest BCUT2D eigenvalue weighted by atomic mass is 9.91. The first-order valence-corrected chi connectivity index (χ1v) is 12.3.